The van der Waals surface area contributed by atoms with Gasteiger partial charge in [0.05, 0.1) is 18.4 Å². The lowest BCUT2D eigenvalue weighted by molar-refractivity contribution is 0.0690. The zero-order chi connectivity index (χ0) is 14.5. The maximum atomic E-state index is 11.5. The Morgan fingerprint density at radius 1 is 1.50 bits per heavy atom. The summed E-state index contributed by atoms with van der Waals surface area (Å²) in [5.74, 6) is -1.14. The third kappa shape index (κ3) is 3.75. The Labute approximate surface area is 117 Å². The van der Waals surface area contributed by atoms with E-state index >= 15 is 0 Å². The average molecular weight is 296 g/mol. The number of urea groups is 1. The second kappa shape index (κ2) is 6.10. The highest BCUT2D eigenvalue weighted by atomic mass is 32.1. The standard InChI is InChI=1S/C10H12N6O3S/c1-6-5-20-10(12-6)13-9(19)11-2-3-16-4-7(8(17)18)14-15-16/h4-5H,2-3H2,1H3,(H,17,18)(H2,11,12,13,19). The molecule has 2 heterocycles. The van der Waals surface area contributed by atoms with E-state index in [0.29, 0.717) is 18.2 Å². The van der Waals surface area contributed by atoms with Crippen molar-refractivity contribution in [3.05, 3.63) is 23.0 Å². The number of rotatable bonds is 5. The lowest BCUT2D eigenvalue weighted by Crippen LogP contribution is -2.31. The van der Waals surface area contributed by atoms with Crippen molar-refractivity contribution in [2.24, 2.45) is 0 Å². The molecule has 2 aromatic rings. The van der Waals surface area contributed by atoms with Gasteiger partial charge in [0, 0.05) is 11.9 Å². The van der Waals surface area contributed by atoms with Gasteiger partial charge in [-0.3, -0.25) is 5.32 Å². The minimum absolute atomic E-state index is 0.132. The minimum Gasteiger partial charge on any atom is -0.476 e. The van der Waals surface area contributed by atoms with Crippen LogP contribution in [0.2, 0.25) is 0 Å². The van der Waals surface area contributed by atoms with Gasteiger partial charge in [0.1, 0.15) is 0 Å². The van der Waals surface area contributed by atoms with Crippen LogP contribution in [0.5, 0.6) is 0 Å². The van der Waals surface area contributed by atoms with E-state index in [9.17, 15) is 9.59 Å². The predicted octanol–water partition coefficient (Wildman–Crippen LogP) is 0.563. The number of hydrogen-bond donors (Lipinski definition) is 3. The summed E-state index contributed by atoms with van der Waals surface area (Å²) < 4.78 is 1.34. The minimum atomic E-state index is -1.14. The van der Waals surface area contributed by atoms with Crippen molar-refractivity contribution < 1.29 is 14.7 Å². The van der Waals surface area contributed by atoms with E-state index in [-0.39, 0.29) is 11.7 Å². The molecule has 0 unspecified atom stereocenters. The molecule has 2 rings (SSSR count). The second-order valence-electron chi connectivity index (χ2n) is 3.85. The number of carboxylic acids is 1. The van der Waals surface area contributed by atoms with Crippen LogP contribution in [0.4, 0.5) is 9.93 Å². The highest BCUT2D eigenvalue weighted by Gasteiger charge is 2.08. The van der Waals surface area contributed by atoms with Crippen molar-refractivity contribution in [3.63, 3.8) is 0 Å². The lowest BCUT2D eigenvalue weighted by Gasteiger charge is -2.04. The summed E-state index contributed by atoms with van der Waals surface area (Å²) in [5, 5.41) is 23.3. The predicted molar refractivity (Wildman–Crippen MR) is 70.9 cm³/mol. The van der Waals surface area contributed by atoms with Gasteiger partial charge in [0.2, 0.25) is 0 Å². The number of aromatic carboxylic acids is 1. The molecule has 0 saturated carbocycles. The van der Waals surface area contributed by atoms with Crippen LogP contribution in [0, 0.1) is 6.92 Å². The number of nitrogens with one attached hydrogen (secondary N) is 2. The van der Waals surface area contributed by atoms with Crippen molar-refractivity contribution >= 4 is 28.5 Å². The van der Waals surface area contributed by atoms with Gasteiger partial charge >= 0.3 is 12.0 Å². The van der Waals surface area contributed by atoms with Gasteiger partial charge < -0.3 is 10.4 Å². The number of nitrogens with zero attached hydrogens (tertiary/aromatic N) is 4. The molecule has 2 amide bonds. The van der Waals surface area contributed by atoms with E-state index in [1.807, 2.05) is 12.3 Å². The van der Waals surface area contributed by atoms with Crippen LogP contribution in [0.1, 0.15) is 16.2 Å². The molecule has 9 nitrogen and oxygen atoms in total. The first kappa shape index (κ1) is 13.9. The fraction of sp³-hybridized carbons (Fsp3) is 0.300. The topological polar surface area (TPSA) is 122 Å². The largest absolute Gasteiger partial charge is 0.476 e. The van der Waals surface area contributed by atoms with E-state index < -0.39 is 5.97 Å². The Balaban J connectivity index is 1.74. The molecular weight excluding hydrogens is 284 g/mol. The van der Waals surface area contributed by atoms with Crippen LogP contribution >= 0.6 is 11.3 Å². The van der Waals surface area contributed by atoms with Crippen LogP contribution in [0.25, 0.3) is 0 Å². The van der Waals surface area contributed by atoms with Crippen LogP contribution in [-0.4, -0.2) is 43.6 Å². The van der Waals surface area contributed by atoms with Crippen LogP contribution < -0.4 is 10.6 Å². The van der Waals surface area contributed by atoms with Gasteiger partial charge in [0.15, 0.2) is 10.8 Å². The maximum Gasteiger partial charge on any atom is 0.358 e. The van der Waals surface area contributed by atoms with Crippen molar-refractivity contribution in [2.45, 2.75) is 13.5 Å². The van der Waals surface area contributed by atoms with Gasteiger partial charge in [-0.1, -0.05) is 5.21 Å². The fourth-order valence-corrected chi connectivity index (χ4v) is 2.03. The Bertz CT molecular complexity index is 622. The molecule has 10 heteroatoms. The molecule has 0 aliphatic heterocycles. The number of thiazole rings is 1. The van der Waals surface area contributed by atoms with E-state index in [1.165, 1.54) is 22.2 Å². The molecule has 0 aliphatic carbocycles. The normalized spacial score (nSPS) is 10.2. The molecule has 0 saturated heterocycles. The first-order valence-electron chi connectivity index (χ1n) is 5.65. The van der Waals surface area contributed by atoms with Gasteiger partial charge in [-0.05, 0) is 6.92 Å². The lowest BCUT2D eigenvalue weighted by atomic mass is 10.5. The number of carboxylic acid groups (broad SMARTS) is 1. The molecule has 20 heavy (non-hydrogen) atoms. The highest BCUT2D eigenvalue weighted by molar-refractivity contribution is 7.13. The molecule has 0 bridgehead atoms. The number of amides is 2. The molecular formula is C10H12N6O3S. The van der Waals surface area contributed by atoms with Gasteiger partial charge in [0.25, 0.3) is 0 Å². The van der Waals surface area contributed by atoms with Crippen molar-refractivity contribution in [2.75, 3.05) is 11.9 Å². The molecule has 0 spiro atoms. The average Bonchev–Trinajstić information content (AvgIpc) is 2.99. The molecule has 0 radical (unpaired) electrons. The molecule has 0 fully saturated rings. The Kier molecular flexibility index (Phi) is 4.25. The van der Waals surface area contributed by atoms with Gasteiger partial charge in [-0.25, -0.2) is 19.3 Å². The van der Waals surface area contributed by atoms with Crippen LogP contribution in [0.3, 0.4) is 0 Å². The first-order chi connectivity index (χ1) is 9.54. The quantitative estimate of drug-likeness (QED) is 0.741. The molecule has 0 aromatic carbocycles. The molecule has 106 valence electrons. The summed E-state index contributed by atoms with van der Waals surface area (Å²) in [7, 11) is 0. The van der Waals surface area contributed by atoms with Crippen LogP contribution in [-0.2, 0) is 6.54 Å². The summed E-state index contributed by atoms with van der Waals surface area (Å²) >= 11 is 1.34. The summed E-state index contributed by atoms with van der Waals surface area (Å²) in [6.07, 6.45) is 1.30. The number of aromatic nitrogens is 4. The number of carbonyl (C=O) groups excluding carboxylic acids is 1. The monoisotopic (exact) mass is 296 g/mol. The summed E-state index contributed by atoms with van der Waals surface area (Å²) in [5.41, 5.74) is 0.710. The van der Waals surface area contributed by atoms with E-state index in [2.05, 4.69) is 25.9 Å². The summed E-state index contributed by atoms with van der Waals surface area (Å²) in [6, 6.07) is -0.377. The molecule has 2 aromatic heterocycles. The second-order valence-corrected chi connectivity index (χ2v) is 4.71. The van der Waals surface area contributed by atoms with Crippen molar-refractivity contribution in [3.8, 4) is 0 Å². The first-order valence-corrected chi connectivity index (χ1v) is 6.53. The van der Waals surface area contributed by atoms with Gasteiger partial charge in [-0.2, -0.15) is 0 Å². The smallest absolute Gasteiger partial charge is 0.358 e. The number of hydrogen-bond acceptors (Lipinski definition) is 6. The van der Waals surface area contributed by atoms with E-state index in [1.54, 1.807) is 0 Å². The van der Waals surface area contributed by atoms with Crippen LogP contribution in [0.15, 0.2) is 11.6 Å². The maximum absolute atomic E-state index is 11.5. The Morgan fingerprint density at radius 3 is 2.90 bits per heavy atom. The summed E-state index contributed by atoms with van der Waals surface area (Å²) in [4.78, 5) is 26.2. The fourth-order valence-electron chi connectivity index (χ4n) is 1.34. The van der Waals surface area contributed by atoms with Gasteiger partial charge in [-0.15, -0.1) is 16.4 Å². The molecule has 0 aliphatic rings. The SMILES string of the molecule is Cc1csc(NC(=O)NCCn2cc(C(=O)O)nn2)n1. The highest BCUT2D eigenvalue weighted by Crippen LogP contribution is 2.13. The Morgan fingerprint density at radius 2 is 2.30 bits per heavy atom. The zero-order valence-electron chi connectivity index (χ0n) is 10.5. The third-order valence-electron chi connectivity index (χ3n) is 2.22. The third-order valence-corrected chi connectivity index (χ3v) is 3.10. The summed E-state index contributed by atoms with van der Waals surface area (Å²) in [6.45, 7) is 2.45. The molecule has 3 N–H and O–H groups in total. The molecule has 0 atom stereocenters. The zero-order valence-corrected chi connectivity index (χ0v) is 11.3. The number of anilines is 1. The Hall–Kier alpha value is -2.49. The van der Waals surface area contributed by atoms with E-state index in [4.69, 9.17) is 5.11 Å². The number of aryl methyl sites for hydroxylation is 1. The number of carbonyl (C=O) groups is 2. The van der Waals surface area contributed by atoms with Crippen molar-refractivity contribution in [1.82, 2.24) is 25.3 Å². The van der Waals surface area contributed by atoms with Crippen molar-refractivity contribution in [1.29, 1.82) is 0 Å². The van der Waals surface area contributed by atoms with E-state index in [0.717, 1.165) is 5.69 Å².